The summed E-state index contributed by atoms with van der Waals surface area (Å²) < 4.78 is 5.23. The Bertz CT molecular complexity index is 350. The molecular weight excluding hydrogens is 234 g/mol. The molecule has 0 aromatic rings. The monoisotopic (exact) mass is 255 g/mol. The summed E-state index contributed by atoms with van der Waals surface area (Å²) in [6.45, 7) is 5.97. The molecule has 3 amide bonds. The van der Waals surface area contributed by atoms with Crippen LogP contribution in [0.15, 0.2) is 0 Å². The number of likely N-dealkylation sites (N-methyl/N-ethyl adjacent to an activating group) is 1. The van der Waals surface area contributed by atoms with Gasteiger partial charge in [0.15, 0.2) is 0 Å². The summed E-state index contributed by atoms with van der Waals surface area (Å²) in [6, 6.07) is -0.0972. The number of urea groups is 1. The molecule has 18 heavy (non-hydrogen) atoms. The third-order valence-corrected chi connectivity index (χ3v) is 3.71. The molecule has 2 saturated heterocycles. The highest BCUT2D eigenvalue weighted by atomic mass is 16.5. The Morgan fingerprint density at radius 2 is 2.17 bits per heavy atom. The van der Waals surface area contributed by atoms with Crippen molar-refractivity contribution >= 4 is 11.9 Å². The Balaban J connectivity index is 2.02. The van der Waals surface area contributed by atoms with Crippen molar-refractivity contribution in [3.63, 3.8) is 0 Å². The molecule has 1 N–H and O–H groups in total. The van der Waals surface area contributed by atoms with Gasteiger partial charge in [0.25, 0.3) is 0 Å². The van der Waals surface area contributed by atoms with Gasteiger partial charge in [0.2, 0.25) is 5.91 Å². The number of carbonyl (C=O) groups is 2. The van der Waals surface area contributed by atoms with Crippen molar-refractivity contribution < 1.29 is 14.3 Å². The summed E-state index contributed by atoms with van der Waals surface area (Å²) >= 11 is 0. The molecule has 102 valence electrons. The van der Waals surface area contributed by atoms with Gasteiger partial charge in [0.05, 0.1) is 12.6 Å². The highest BCUT2D eigenvalue weighted by Crippen LogP contribution is 2.22. The summed E-state index contributed by atoms with van der Waals surface area (Å²) in [6.07, 6.45) is 0.841. The average Bonchev–Trinajstić information content (AvgIpc) is 2.78. The van der Waals surface area contributed by atoms with Crippen LogP contribution in [0.5, 0.6) is 0 Å². The summed E-state index contributed by atoms with van der Waals surface area (Å²) in [7, 11) is 1.77. The number of rotatable bonds is 1. The molecule has 2 heterocycles. The van der Waals surface area contributed by atoms with Crippen molar-refractivity contribution in [2.75, 3.05) is 33.4 Å². The van der Waals surface area contributed by atoms with Gasteiger partial charge in [-0.1, -0.05) is 0 Å². The molecule has 2 rings (SSSR count). The molecule has 0 spiro atoms. The largest absolute Gasteiger partial charge is 0.379 e. The zero-order valence-electron chi connectivity index (χ0n) is 11.2. The van der Waals surface area contributed by atoms with Crippen LogP contribution in [0.25, 0.3) is 0 Å². The van der Waals surface area contributed by atoms with E-state index in [9.17, 15) is 9.59 Å². The first-order valence-electron chi connectivity index (χ1n) is 6.34. The quantitative estimate of drug-likeness (QED) is 0.719. The molecule has 0 radical (unpaired) electrons. The Kier molecular flexibility index (Phi) is 3.47. The van der Waals surface area contributed by atoms with Crippen molar-refractivity contribution in [1.82, 2.24) is 15.1 Å². The van der Waals surface area contributed by atoms with Crippen LogP contribution in [-0.2, 0) is 9.53 Å². The molecule has 2 fully saturated rings. The molecule has 6 nitrogen and oxygen atoms in total. The SMILES string of the molecule is CN1CCN(C(=O)NC2CCOC2)C(C)(C)C1=O. The lowest BCUT2D eigenvalue weighted by Crippen LogP contribution is -2.65. The van der Waals surface area contributed by atoms with Gasteiger partial charge in [-0.05, 0) is 20.3 Å². The fourth-order valence-corrected chi connectivity index (χ4v) is 2.47. The molecule has 0 aliphatic carbocycles. The van der Waals surface area contributed by atoms with Crippen LogP contribution in [-0.4, -0.2) is 66.7 Å². The van der Waals surface area contributed by atoms with Gasteiger partial charge in [0, 0.05) is 26.7 Å². The van der Waals surface area contributed by atoms with Crippen LogP contribution in [0.1, 0.15) is 20.3 Å². The van der Waals surface area contributed by atoms with Crippen molar-refractivity contribution in [3.8, 4) is 0 Å². The van der Waals surface area contributed by atoms with Crippen LogP contribution in [0, 0.1) is 0 Å². The lowest BCUT2D eigenvalue weighted by atomic mass is 9.98. The number of hydrogen-bond acceptors (Lipinski definition) is 3. The summed E-state index contributed by atoms with van der Waals surface area (Å²) in [4.78, 5) is 27.6. The average molecular weight is 255 g/mol. The van der Waals surface area contributed by atoms with Crippen LogP contribution < -0.4 is 5.32 Å². The van der Waals surface area contributed by atoms with E-state index in [-0.39, 0.29) is 18.0 Å². The first kappa shape index (κ1) is 13.1. The maximum Gasteiger partial charge on any atom is 0.318 e. The molecule has 1 atom stereocenters. The molecular formula is C12H21N3O3. The highest BCUT2D eigenvalue weighted by molar-refractivity contribution is 5.91. The summed E-state index contributed by atoms with van der Waals surface area (Å²) in [5.41, 5.74) is -0.781. The third kappa shape index (κ3) is 2.29. The fourth-order valence-electron chi connectivity index (χ4n) is 2.47. The van der Waals surface area contributed by atoms with E-state index in [4.69, 9.17) is 4.74 Å². The second-order valence-corrected chi connectivity index (χ2v) is 5.45. The summed E-state index contributed by atoms with van der Waals surface area (Å²) in [5.74, 6) is -0.0217. The number of amides is 3. The molecule has 6 heteroatoms. The molecule has 0 saturated carbocycles. The lowest BCUT2D eigenvalue weighted by molar-refractivity contribution is -0.144. The molecule has 1 unspecified atom stereocenters. The van der Waals surface area contributed by atoms with E-state index in [0.29, 0.717) is 26.3 Å². The van der Waals surface area contributed by atoms with Crippen molar-refractivity contribution in [3.05, 3.63) is 0 Å². The van der Waals surface area contributed by atoms with E-state index >= 15 is 0 Å². The molecule has 2 aliphatic heterocycles. The van der Waals surface area contributed by atoms with E-state index in [1.54, 1.807) is 30.7 Å². The van der Waals surface area contributed by atoms with E-state index < -0.39 is 5.54 Å². The van der Waals surface area contributed by atoms with Gasteiger partial charge < -0.3 is 19.9 Å². The van der Waals surface area contributed by atoms with E-state index in [1.807, 2.05) is 0 Å². The van der Waals surface area contributed by atoms with Crippen LogP contribution in [0.3, 0.4) is 0 Å². The zero-order valence-corrected chi connectivity index (χ0v) is 11.2. The Labute approximate surface area is 107 Å². The maximum atomic E-state index is 12.2. The lowest BCUT2D eigenvalue weighted by Gasteiger charge is -2.44. The second-order valence-electron chi connectivity index (χ2n) is 5.45. The first-order valence-corrected chi connectivity index (χ1v) is 6.34. The molecule has 0 bridgehead atoms. The van der Waals surface area contributed by atoms with Crippen LogP contribution in [0.4, 0.5) is 4.79 Å². The van der Waals surface area contributed by atoms with Crippen LogP contribution >= 0.6 is 0 Å². The van der Waals surface area contributed by atoms with Crippen molar-refractivity contribution in [2.45, 2.75) is 31.8 Å². The summed E-state index contributed by atoms with van der Waals surface area (Å²) in [5, 5.41) is 2.93. The van der Waals surface area contributed by atoms with E-state index in [0.717, 1.165) is 6.42 Å². The molecule has 0 aromatic heterocycles. The number of nitrogens with one attached hydrogen (secondary N) is 1. The van der Waals surface area contributed by atoms with Crippen molar-refractivity contribution in [1.29, 1.82) is 0 Å². The molecule has 2 aliphatic rings. The maximum absolute atomic E-state index is 12.2. The third-order valence-electron chi connectivity index (χ3n) is 3.71. The van der Waals surface area contributed by atoms with Gasteiger partial charge in [-0.3, -0.25) is 4.79 Å². The Morgan fingerprint density at radius 3 is 2.78 bits per heavy atom. The Morgan fingerprint density at radius 1 is 1.44 bits per heavy atom. The minimum absolute atomic E-state index is 0.0217. The van der Waals surface area contributed by atoms with Gasteiger partial charge in [0.1, 0.15) is 5.54 Å². The standard InChI is InChI=1S/C12H21N3O3/c1-12(2)10(16)14(3)5-6-15(12)11(17)13-9-4-7-18-8-9/h9H,4-8H2,1-3H3,(H,13,17). The number of carbonyl (C=O) groups excluding carboxylic acids is 2. The smallest absolute Gasteiger partial charge is 0.318 e. The van der Waals surface area contributed by atoms with Gasteiger partial charge >= 0.3 is 6.03 Å². The normalized spacial score (nSPS) is 27.5. The topological polar surface area (TPSA) is 61.9 Å². The number of hydrogen-bond donors (Lipinski definition) is 1. The van der Waals surface area contributed by atoms with E-state index in [1.165, 1.54) is 0 Å². The van der Waals surface area contributed by atoms with Gasteiger partial charge in [-0.25, -0.2) is 4.79 Å². The number of nitrogens with zero attached hydrogens (tertiary/aromatic N) is 2. The fraction of sp³-hybridized carbons (Fsp3) is 0.833. The minimum atomic E-state index is -0.781. The zero-order chi connectivity index (χ0) is 13.3. The van der Waals surface area contributed by atoms with Gasteiger partial charge in [-0.15, -0.1) is 0 Å². The minimum Gasteiger partial charge on any atom is -0.379 e. The highest BCUT2D eigenvalue weighted by Gasteiger charge is 2.43. The number of ether oxygens (including phenoxy) is 1. The first-order chi connectivity index (χ1) is 8.43. The Hall–Kier alpha value is -1.30. The van der Waals surface area contributed by atoms with Gasteiger partial charge in [-0.2, -0.15) is 0 Å². The van der Waals surface area contributed by atoms with E-state index in [2.05, 4.69) is 5.32 Å². The predicted molar refractivity (Wildman–Crippen MR) is 66.2 cm³/mol. The second kappa shape index (κ2) is 4.76. The van der Waals surface area contributed by atoms with Crippen molar-refractivity contribution in [2.24, 2.45) is 0 Å². The van der Waals surface area contributed by atoms with Crippen LogP contribution in [0.2, 0.25) is 0 Å². The number of piperazine rings is 1. The predicted octanol–water partition coefficient (Wildman–Crippen LogP) is 0.0375. The molecule has 0 aromatic carbocycles.